The zero-order valence-corrected chi connectivity index (χ0v) is 16.2. The summed E-state index contributed by atoms with van der Waals surface area (Å²) < 4.78 is 1.16. The summed E-state index contributed by atoms with van der Waals surface area (Å²) in [7, 11) is 1.99. The number of nitrogens with zero attached hydrogens (tertiary/aromatic N) is 1. The van der Waals surface area contributed by atoms with Crippen molar-refractivity contribution in [2.45, 2.75) is 13.0 Å². The quantitative estimate of drug-likeness (QED) is 0.690. The Labute approximate surface area is 160 Å². The second kappa shape index (κ2) is 7.70. The molecule has 0 radical (unpaired) electrons. The highest BCUT2D eigenvalue weighted by atomic mass is 35.5. The third-order valence-electron chi connectivity index (χ3n) is 4.06. The van der Waals surface area contributed by atoms with Gasteiger partial charge >= 0.3 is 0 Å². The number of hydrogen-bond donors (Lipinski definition) is 2. The van der Waals surface area contributed by atoms with Crippen LogP contribution in [0.15, 0.2) is 42.5 Å². The third-order valence-corrected chi connectivity index (χ3v) is 5.83. The molecule has 0 bridgehead atoms. The van der Waals surface area contributed by atoms with E-state index in [1.54, 1.807) is 29.5 Å². The molecule has 0 saturated carbocycles. The maximum absolute atomic E-state index is 12.3. The van der Waals surface area contributed by atoms with Gasteiger partial charge in [-0.2, -0.15) is 0 Å². The van der Waals surface area contributed by atoms with Crippen molar-refractivity contribution >= 4 is 56.3 Å². The molecular weight excluding hydrogens is 377 g/mol. The van der Waals surface area contributed by atoms with Gasteiger partial charge in [0.15, 0.2) is 11.6 Å². The number of likely N-dealkylation sites (N-methyl/N-ethyl adjacent to an activating group) is 1. The van der Waals surface area contributed by atoms with Crippen LogP contribution in [0, 0.1) is 0 Å². The Bertz CT molecular complexity index is 879. The Kier molecular flexibility index (Phi) is 5.59. The van der Waals surface area contributed by atoms with Crippen LogP contribution in [0.25, 0.3) is 10.2 Å². The number of carbonyl (C=O) groups excluding carboxylic acids is 1. The van der Waals surface area contributed by atoms with E-state index in [1.807, 2.05) is 25.2 Å². The van der Waals surface area contributed by atoms with Crippen molar-refractivity contribution in [3.8, 4) is 0 Å². The number of halogens is 2. The van der Waals surface area contributed by atoms with E-state index in [4.69, 9.17) is 23.2 Å². The second-order valence-electron chi connectivity index (χ2n) is 5.94. The van der Waals surface area contributed by atoms with Crippen LogP contribution in [0.1, 0.15) is 18.0 Å². The number of rotatable bonds is 5. The van der Waals surface area contributed by atoms with E-state index in [2.05, 4.69) is 23.3 Å². The highest BCUT2D eigenvalue weighted by molar-refractivity contribution is 7.18. The summed E-state index contributed by atoms with van der Waals surface area (Å²) >= 11 is 13.6. The van der Waals surface area contributed by atoms with Crippen molar-refractivity contribution in [2.24, 2.45) is 0 Å². The molecule has 25 heavy (non-hydrogen) atoms. The summed E-state index contributed by atoms with van der Waals surface area (Å²) in [6.07, 6.45) is 0. The number of benzene rings is 2. The van der Waals surface area contributed by atoms with Gasteiger partial charge in [0.25, 0.3) is 5.91 Å². The number of aromatic nitrogens is 1. The molecular formula is C18H18Cl2N3OS+. The van der Waals surface area contributed by atoms with Crippen LogP contribution in [0.2, 0.25) is 10.0 Å². The average molecular weight is 395 g/mol. The van der Waals surface area contributed by atoms with Crippen molar-refractivity contribution in [1.29, 1.82) is 0 Å². The average Bonchev–Trinajstić information content (AvgIpc) is 3.00. The lowest BCUT2D eigenvalue weighted by molar-refractivity contribution is -0.902. The number of quaternary nitrogens is 1. The van der Waals surface area contributed by atoms with Gasteiger partial charge in [0, 0.05) is 5.02 Å². The highest BCUT2D eigenvalue weighted by Crippen LogP contribution is 2.26. The van der Waals surface area contributed by atoms with Crippen molar-refractivity contribution in [1.82, 2.24) is 4.98 Å². The topological polar surface area (TPSA) is 46.4 Å². The largest absolute Gasteiger partial charge is 0.322 e. The molecule has 3 rings (SSSR count). The molecule has 1 heterocycles. The minimum atomic E-state index is -0.102. The van der Waals surface area contributed by atoms with Crippen LogP contribution < -0.4 is 10.2 Å². The number of anilines is 1. The number of hydrogen-bond acceptors (Lipinski definition) is 3. The van der Waals surface area contributed by atoms with Crippen LogP contribution in [-0.2, 0) is 4.79 Å². The van der Waals surface area contributed by atoms with Crippen LogP contribution in [0.4, 0.5) is 5.69 Å². The fraction of sp³-hybridized carbons (Fsp3) is 0.222. The predicted molar refractivity (Wildman–Crippen MR) is 105 cm³/mol. The monoisotopic (exact) mass is 394 g/mol. The van der Waals surface area contributed by atoms with Crippen molar-refractivity contribution in [3.63, 3.8) is 0 Å². The third kappa shape index (κ3) is 4.30. The molecule has 1 unspecified atom stereocenters. The molecule has 130 valence electrons. The summed E-state index contributed by atoms with van der Waals surface area (Å²) in [5, 5.41) is 4.82. The van der Waals surface area contributed by atoms with Gasteiger partial charge in [0.05, 0.1) is 28.0 Å². The van der Waals surface area contributed by atoms with Gasteiger partial charge in [0.2, 0.25) is 0 Å². The Hall–Kier alpha value is -1.66. The second-order valence-corrected chi connectivity index (χ2v) is 7.84. The number of thiazole rings is 1. The summed E-state index contributed by atoms with van der Waals surface area (Å²) in [6, 6.07) is 13.2. The SMILES string of the molecule is C[C@@H](c1nc2ccccc2s1)[NH+](C)CC(=O)Nc1ccc(Cl)cc1Cl. The van der Waals surface area contributed by atoms with E-state index in [-0.39, 0.29) is 11.9 Å². The molecule has 2 N–H and O–H groups in total. The van der Waals surface area contributed by atoms with Gasteiger partial charge in [-0.3, -0.25) is 4.79 Å². The molecule has 4 nitrogen and oxygen atoms in total. The summed E-state index contributed by atoms with van der Waals surface area (Å²) in [4.78, 5) is 18.1. The summed E-state index contributed by atoms with van der Waals surface area (Å²) in [5.41, 5.74) is 1.57. The first-order valence-corrected chi connectivity index (χ1v) is 9.44. The lowest BCUT2D eigenvalue weighted by Crippen LogP contribution is -3.10. The number of nitrogens with one attached hydrogen (secondary N) is 2. The van der Waals surface area contributed by atoms with Gasteiger partial charge < -0.3 is 10.2 Å². The van der Waals surface area contributed by atoms with Crippen molar-refractivity contribution in [2.75, 3.05) is 18.9 Å². The van der Waals surface area contributed by atoms with Crippen molar-refractivity contribution < 1.29 is 9.69 Å². The number of carbonyl (C=O) groups is 1. The number of fused-ring (bicyclic) bond motifs is 1. The van der Waals surface area contributed by atoms with Gasteiger partial charge in [-0.1, -0.05) is 35.3 Å². The lowest BCUT2D eigenvalue weighted by Gasteiger charge is -2.19. The first-order chi connectivity index (χ1) is 11.9. The normalized spacial score (nSPS) is 13.6. The Morgan fingerprint density at radius 1 is 1.28 bits per heavy atom. The summed E-state index contributed by atoms with van der Waals surface area (Å²) in [5.74, 6) is -0.102. The smallest absolute Gasteiger partial charge is 0.279 e. The minimum Gasteiger partial charge on any atom is -0.322 e. The van der Waals surface area contributed by atoms with Gasteiger partial charge in [0.1, 0.15) is 6.04 Å². The minimum absolute atomic E-state index is 0.102. The van der Waals surface area contributed by atoms with Crippen molar-refractivity contribution in [3.05, 3.63) is 57.5 Å². The molecule has 3 aromatic rings. The maximum Gasteiger partial charge on any atom is 0.279 e. The van der Waals surface area contributed by atoms with Crippen LogP contribution in [-0.4, -0.2) is 24.5 Å². The molecule has 0 saturated heterocycles. The summed E-state index contributed by atoms with van der Waals surface area (Å²) in [6.45, 7) is 2.39. The maximum atomic E-state index is 12.3. The zero-order valence-electron chi connectivity index (χ0n) is 13.8. The standard InChI is InChI=1S/C18H17Cl2N3OS/c1-11(18-22-15-5-3-4-6-16(15)25-18)23(2)10-17(24)21-14-8-7-12(19)9-13(14)20/h3-9,11H,10H2,1-2H3,(H,21,24)/p+1/t11-/m0/s1. The van der Waals surface area contributed by atoms with E-state index in [9.17, 15) is 4.79 Å². The first-order valence-electron chi connectivity index (χ1n) is 7.86. The number of amides is 1. The molecule has 0 spiro atoms. The number of para-hydroxylation sites is 1. The van der Waals surface area contributed by atoms with Gasteiger partial charge in [-0.25, -0.2) is 4.98 Å². The van der Waals surface area contributed by atoms with Crippen LogP contribution in [0.5, 0.6) is 0 Å². The molecule has 0 fully saturated rings. The molecule has 0 aliphatic carbocycles. The molecule has 7 heteroatoms. The highest BCUT2D eigenvalue weighted by Gasteiger charge is 2.22. The van der Waals surface area contributed by atoms with Gasteiger partial charge in [-0.15, -0.1) is 11.3 Å². The molecule has 1 amide bonds. The molecule has 0 aliphatic rings. The zero-order chi connectivity index (χ0) is 18.0. The van der Waals surface area contributed by atoms with Crippen LogP contribution in [0.3, 0.4) is 0 Å². The molecule has 2 atom stereocenters. The fourth-order valence-electron chi connectivity index (χ4n) is 2.48. The predicted octanol–water partition coefficient (Wildman–Crippen LogP) is 3.82. The van der Waals surface area contributed by atoms with E-state index in [1.165, 1.54) is 0 Å². The van der Waals surface area contributed by atoms with E-state index >= 15 is 0 Å². The molecule has 0 aliphatic heterocycles. The van der Waals surface area contributed by atoms with E-state index in [0.29, 0.717) is 22.3 Å². The molecule has 2 aromatic carbocycles. The lowest BCUT2D eigenvalue weighted by atomic mass is 10.3. The van der Waals surface area contributed by atoms with E-state index < -0.39 is 0 Å². The Balaban J connectivity index is 1.66. The Morgan fingerprint density at radius 3 is 2.76 bits per heavy atom. The Morgan fingerprint density at radius 2 is 2.04 bits per heavy atom. The first kappa shape index (κ1) is 18.1. The molecule has 1 aromatic heterocycles. The van der Waals surface area contributed by atoms with E-state index in [0.717, 1.165) is 20.1 Å². The van der Waals surface area contributed by atoms with Gasteiger partial charge in [-0.05, 0) is 37.3 Å². The fourth-order valence-corrected chi connectivity index (χ4v) is 4.05. The van der Waals surface area contributed by atoms with Crippen LogP contribution >= 0.6 is 34.5 Å².